The number of benzene rings is 1. The van der Waals surface area contributed by atoms with E-state index in [0.29, 0.717) is 38.0 Å². The molecular formula is C34H47NO9S. The number of carbonyl (C=O) groups is 2. The lowest BCUT2D eigenvalue weighted by atomic mass is 9.90. The van der Waals surface area contributed by atoms with E-state index in [-0.39, 0.29) is 35.8 Å². The van der Waals surface area contributed by atoms with Gasteiger partial charge in [0, 0.05) is 37.8 Å². The van der Waals surface area contributed by atoms with Crippen molar-refractivity contribution >= 4 is 23.0 Å². The van der Waals surface area contributed by atoms with Crippen molar-refractivity contribution in [1.82, 2.24) is 4.90 Å². The lowest BCUT2D eigenvalue weighted by Crippen LogP contribution is -2.60. The van der Waals surface area contributed by atoms with Gasteiger partial charge in [-0.15, -0.1) is 0 Å². The number of allylic oxidation sites excluding steroid dienone is 1. The van der Waals surface area contributed by atoms with Crippen molar-refractivity contribution in [2.45, 2.75) is 115 Å². The maximum atomic E-state index is 13.0. The fourth-order valence-corrected chi connectivity index (χ4v) is 7.32. The number of rotatable bonds is 12. The second-order valence-corrected chi connectivity index (χ2v) is 13.6. The molecule has 0 spiro atoms. The van der Waals surface area contributed by atoms with Gasteiger partial charge in [0.1, 0.15) is 11.9 Å². The number of hydrogen-bond acceptors (Lipinski definition) is 9. The predicted molar refractivity (Wildman–Crippen MR) is 171 cm³/mol. The standard InChI is InChI=1S/C34H47NO9S/c1-22(8-15-28-29(44-33(3,4)43-28)16-9-23(2)17-31(37)38)7-12-27-18-25(36)19-34(41-6,42-27)30-21-45-32(39)35(30)20-24-10-13-26(40-5)14-11-24/h10-11,13-14,17,22,25,27-30,36H,7,9,12,16,18-21H2,1-6H3,(H,37,38)/b23-17-/t22-,25-,27+,28-,29-,30+,34+/m0/s1. The van der Waals surface area contributed by atoms with Crippen LogP contribution in [0.3, 0.4) is 0 Å². The van der Waals surface area contributed by atoms with E-state index in [2.05, 4.69) is 11.8 Å². The highest BCUT2D eigenvalue weighted by Gasteiger charge is 2.53. The molecule has 3 heterocycles. The molecule has 45 heavy (non-hydrogen) atoms. The molecule has 0 saturated carbocycles. The predicted octanol–water partition coefficient (Wildman–Crippen LogP) is 5.37. The average molecular weight is 646 g/mol. The minimum absolute atomic E-state index is 0.0291. The highest BCUT2D eigenvalue weighted by atomic mass is 32.2. The van der Waals surface area contributed by atoms with Crippen LogP contribution < -0.4 is 4.74 Å². The van der Waals surface area contributed by atoms with Crippen LogP contribution in [0.1, 0.15) is 71.8 Å². The van der Waals surface area contributed by atoms with Gasteiger partial charge in [-0.3, -0.25) is 4.79 Å². The fourth-order valence-electron chi connectivity index (χ4n) is 6.22. The maximum absolute atomic E-state index is 13.0. The van der Waals surface area contributed by atoms with Crippen LogP contribution in [0.4, 0.5) is 4.79 Å². The summed E-state index contributed by atoms with van der Waals surface area (Å²) < 4.78 is 30.1. The summed E-state index contributed by atoms with van der Waals surface area (Å²) in [6.45, 7) is 7.96. The van der Waals surface area contributed by atoms with Gasteiger partial charge in [-0.2, -0.15) is 0 Å². The summed E-state index contributed by atoms with van der Waals surface area (Å²) in [5, 5.41) is 19.9. The van der Waals surface area contributed by atoms with Crippen LogP contribution in [0.5, 0.6) is 5.75 Å². The van der Waals surface area contributed by atoms with Crippen LogP contribution in [0.15, 0.2) is 35.9 Å². The van der Waals surface area contributed by atoms with E-state index in [4.69, 9.17) is 28.8 Å². The van der Waals surface area contributed by atoms with Gasteiger partial charge >= 0.3 is 5.97 Å². The quantitative estimate of drug-likeness (QED) is 0.227. The molecule has 10 nitrogen and oxygen atoms in total. The molecule has 3 aliphatic rings. The molecule has 4 rings (SSSR count). The number of thioether (sulfide) groups is 1. The minimum Gasteiger partial charge on any atom is -0.497 e. The topological polar surface area (TPSA) is 124 Å². The van der Waals surface area contributed by atoms with Gasteiger partial charge in [-0.1, -0.05) is 48.2 Å². The summed E-state index contributed by atoms with van der Waals surface area (Å²) >= 11 is 1.25. The Balaban J connectivity index is 1.38. The Bertz CT molecular complexity index is 1270. The molecule has 0 aliphatic carbocycles. The molecule has 2 N–H and O–H groups in total. The second kappa shape index (κ2) is 15.3. The van der Waals surface area contributed by atoms with E-state index in [1.54, 1.807) is 26.0 Å². The summed E-state index contributed by atoms with van der Waals surface area (Å²) in [7, 11) is 3.20. The molecular weight excluding hydrogens is 598 g/mol. The zero-order chi connectivity index (χ0) is 32.8. The van der Waals surface area contributed by atoms with Gasteiger partial charge < -0.3 is 38.8 Å². The Labute approximate surface area is 270 Å². The van der Waals surface area contributed by atoms with Crippen molar-refractivity contribution in [3.8, 4) is 17.6 Å². The molecule has 3 saturated heterocycles. The van der Waals surface area contributed by atoms with Crippen LogP contribution >= 0.6 is 11.8 Å². The van der Waals surface area contributed by atoms with Gasteiger partial charge in [0.15, 0.2) is 11.6 Å². The van der Waals surface area contributed by atoms with E-state index < -0.39 is 29.8 Å². The summed E-state index contributed by atoms with van der Waals surface area (Å²) in [6, 6.07) is 7.27. The zero-order valence-electron chi connectivity index (χ0n) is 27.1. The Morgan fingerprint density at radius 2 is 1.93 bits per heavy atom. The first kappa shape index (κ1) is 35.3. The SMILES string of the molecule is COc1ccc(CN2C(=O)SC[C@@H]2[C@@]2(OC)C[C@@H](O)C[C@@H](CC[C@H](C)C#C[C@@H]3OC(C)(C)O[C@H]3CC/C(C)=C\C(=O)O)O2)cc1. The number of hydrogen-bond donors (Lipinski definition) is 2. The van der Waals surface area contributed by atoms with Crippen molar-refractivity contribution in [1.29, 1.82) is 0 Å². The van der Waals surface area contributed by atoms with Crippen LogP contribution in [-0.2, 0) is 30.3 Å². The number of amides is 1. The van der Waals surface area contributed by atoms with E-state index in [1.165, 1.54) is 17.8 Å². The number of aliphatic hydroxyl groups excluding tert-OH is 1. The molecule has 0 bridgehead atoms. The molecule has 3 fully saturated rings. The number of aliphatic hydroxyl groups is 1. The molecule has 3 aliphatic heterocycles. The largest absolute Gasteiger partial charge is 0.497 e. The minimum atomic E-state index is -1.12. The Morgan fingerprint density at radius 1 is 1.20 bits per heavy atom. The van der Waals surface area contributed by atoms with E-state index >= 15 is 0 Å². The molecule has 0 radical (unpaired) electrons. The van der Waals surface area contributed by atoms with Gasteiger partial charge in [0.2, 0.25) is 0 Å². The lowest BCUT2D eigenvalue weighted by Gasteiger charge is -2.47. The van der Waals surface area contributed by atoms with Crippen molar-refractivity contribution in [3.05, 3.63) is 41.5 Å². The zero-order valence-corrected chi connectivity index (χ0v) is 27.9. The smallest absolute Gasteiger partial charge is 0.328 e. The summed E-state index contributed by atoms with van der Waals surface area (Å²) in [6.07, 6.45) is 3.01. The Morgan fingerprint density at radius 3 is 2.60 bits per heavy atom. The molecule has 0 aromatic heterocycles. The van der Waals surface area contributed by atoms with E-state index in [0.717, 1.165) is 23.3 Å². The molecule has 1 amide bonds. The highest BCUT2D eigenvalue weighted by Crippen LogP contribution is 2.42. The van der Waals surface area contributed by atoms with E-state index in [9.17, 15) is 14.7 Å². The number of carbonyl (C=O) groups excluding carboxylic acids is 1. The monoisotopic (exact) mass is 645 g/mol. The van der Waals surface area contributed by atoms with Crippen molar-refractivity contribution in [2.24, 2.45) is 5.92 Å². The number of aliphatic carboxylic acids is 1. The Kier molecular flexibility index (Phi) is 12.0. The number of ether oxygens (including phenoxy) is 5. The van der Waals surface area contributed by atoms with Gasteiger partial charge in [0.05, 0.1) is 31.5 Å². The van der Waals surface area contributed by atoms with Crippen molar-refractivity contribution in [2.75, 3.05) is 20.0 Å². The number of nitrogens with zero attached hydrogens (tertiary/aromatic N) is 1. The molecule has 248 valence electrons. The third kappa shape index (κ3) is 9.47. The lowest BCUT2D eigenvalue weighted by molar-refractivity contribution is -0.305. The number of carboxylic acids is 1. The third-order valence-electron chi connectivity index (χ3n) is 8.53. The van der Waals surface area contributed by atoms with Crippen LogP contribution in [0.25, 0.3) is 0 Å². The van der Waals surface area contributed by atoms with Gasteiger partial charge in [0.25, 0.3) is 5.24 Å². The van der Waals surface area contributed by atoms with Crippen LogP contribution in [0, 0.1) is 17.8 Å². The highest BCUT2D eigenvalue weighted by molar-refractivity contribution is 8.13. The molecule has 1 aromatic carbocycles. The number of carboxylic acid groups (broad SMARTS) is 1. The molecule has 7 atom stereocenters. The van der Waals surface area contributed by atoms with Gasteiger partial charge in [-0.25, -0.2) is 4.79 Å². The first-order valence-electron chi connectivity index (χ1n) is 15.6. The fraction of sp³-hybridized carbons (Fsp3) is 0.647. The van der Waals surface area contributed by atoms with Crippen molar-refractivity contribution in [3.63, 3.8) is 0 Å². The molecule has 0 unspecified atom stereocenters. The first-order chi connectivity index (χ1) is 21.3. The van der Waals surface area contributed by atoms with E-state index in [1.807, 2.05) is 45.0 Å². The third-order valence-corrected chi connectivity index (χ3v) is 9.50. The average Bonchev–Trinajstić information content (AvgIpc) is 3.51. The van der Waals surface area contributed by atoms with Gasteiger partial charge in [-0.05, 0) is 70.6 Å². The van der Waals surface area contributed by atoms with Crippen molar-refractivity contribution < 1.29 is 43.5 Å². The maximum Gasteiger partial charge on any atom is 0.328 e. The van der Waals surface area contributed by atoms with Crippen LogP contribution in [0.2, 0.25) is 0 Å². The Hall–Kier alpha value is -2.59. The molecule has 11 heteroatoms. The summed E-state index contributed by atoms with van der Waals surface area (Å²) in [4.78, 5) is 25.7. The molecule has 1 aromatic rings. The number of methoxy groups -OCH3 is 2. The summed E-state index contributed by atoms with van der Waals surface area (Å²) in [5.74, 6) is 5.02. The second-order valence-electron chi connectivity index (χ2n) is 12.6. The normalized spacial score (nSPS) is 30.6. The first-order valence-corrected chi connectivity index (χ1v) is 16.6. The summed E-state index contributed by atoms with van der Waals surface area (Å²) in [5.41, 5.74) is 1.74. The van der Waals surface area contributed by atoms with Crippen LogP contribution in [-0.4, -0.2) is 88.3 Å².